The highest BCUT2D eigenvalue weighted by Crippen LogP contribution is 2.38. The number of aliphatic hydroxyl groups excluding tert-OH is 1. The number of pyridine rings is 1. The van der Waals surface area contributed by atoms with Crippen LogP contribution in [0.25, 0.3) is 5.57 Å². The van der Waals surface area contributed by atoms with Gasteiger partial charge in [-0.05, 0) is 42.7 Å². The number of rotatable bonds is 6. The monoisotopic (exact) mass is 471 g/mol. The highest BCUT2D eigenvalue weighted by Gasteiger charge is 2.36. The van der Waals surface area contributed by atoms with Crippen LogP contribution in [0.4, 0.5) is 17.6 Å². The number of hydrogen-bond acceptors (Lipinski definition) is 5. The number of aromatic nitrogens is 1. The van der Waals surface area contributed by atoms with E-state index in [1.165, 1.54) is 12.4 Å². The fourth-order valence-electron chi connectivity index (χ4n) is 3.46. The van der Waals surface area contributed by atoms with Crippen molar-refractivity contribution in [2.24, 2.45) is 5.73 Å². The minimum atomic E-state index is -4.63. The van der Waals surface area contributed by atoms with E-state index in [1.54, 1.807) is 24.5 Å². The largest absolute Gasteiger partial charge is 0.481 e. The van der Waals surface area contributed by atoms with E-state index in [2.05, 4.69) is 15.0 Å². The summed E-state index contributed by atoms with van der Waals surface area (Å²) < 4.78 is 57.1. The molecule has 1 aromatic heterocycles. The summed E-state index contributed by atoms with van der Waals surface area (Å²) in [5.41, 5.74) is 7.83. The normalized spacial score (nSPS) is 24.2. The summed E-state index contributed by atoms with van der Waals surface area (Å²) in [5.74, 6) is -1.69. The first-order valence-electron chi connectivity index (χ1n) is 9.74. The van der Waals surface area contributed by atoms with E-state index < -0.39 is 35.9 Å². The van der Waals surface area contributed by atoms with Crippen molar-refractivity contribution in [3.05, 3.63) is 82.9 Å². The smallest absolute Gasteiger partial charge is 0.422 e. The number of nitrogens with zero attached hydrogens (tertiary/aromatic N) is 1. The topological polar surface area (TPSA) is 80.4 Å². The summed E-state index contributed by atoms with van der Waals surface area (Å²) in [6.45, 7) is 0.186. The maximum absolute atomic E-state index is 15.0. The van der Waals surface area contributed by atoms with E-state index in [9.17, 15) is 18.3 Å². The molecule has 0 aromatic carbocycles. The maximum Gasteiger partial charge on any atom is 0.422 e. The van der Waals surface area contributed by atoms with Gasteiger partial charge in [0.25, 0.3) is 0 Å². The third kappa shape index (κ3) is 5.34. The molecule has 0 spiro atoms. The number of allylic oxidation sites excluding steroid dienone is 4. The zero-order chi connectivity index (χ0) is 23.5. The Morgan fingerprint density at radius 2 is 2.22 bits per heavy atom. The van der Waals surface area contributed by atoms with E-state index in [-0.39, 0.29) is 18.0 Å². The van der Waals surface area contributed by atoms with Crippen LogP contribution in [0.2, 0.25) is 0 Å². The van der Waals surface area contributed by atoms with Crippen molar-refractivity contribution in [1.82, 2.24) is 10.3 Å². The number of nitrogens with two attached hydrogens (primary N) is 1. The van der Waals surface area contributed by atoms with Gasteiger partial charge in [-0.25, -0.2) is 4.39 Å². The lowest BCUT2D eigenvalue weighted by Crippen LogP contribution is -2.27. The summed E-state index contributed by atoms with van der Waals surface area (Å²) in [6.07, 6.45) is 2.90. The standard InChI is InChI=1S/C22H22ClF4N3O2/c1-12-15(7-14(8-28)13-3-2-6-29-9-13)16(10-30-12)21(31)19-17(23)4-5-18(20(19)24)32-11-22(25,26)27/h2-3,5-10,12,17,21,30-31H,4,11,28H2,1H3/b14-8+,15-7+. The molecule has 32 heavy (non-hydrogen) atoms. The second-order valence-electron chi connectivity index (χ2n) is 7.30. The zero-order valence-electron chi connectivity index (χ0n) is 17.0. The second kappa shape index (κ2) is 9.79. The lowest BCUT2D eigenvalue weighted by Gasteiger charge is -2.26. The zero-order valence-corrected chi connectivity index (χ0v) is 17.8. The molecule has 0 fully saturated rings. The Balaban J connectivity index is 1.92. The minimum Gasteiger partial charge on any atom is -0.481 e. The van der Waals surface area contributed by atoms with Crippen LogP contribution in [-0.2, 0) is 4.74 Å². The summed E-state index contributed by atoms with van der Waals surface area (Å²) >= 11 is 6.23. The first-order valence-corrected chi connectivity index (χ1v) is 10.2. The van der Waals surface area contributed by atoms with Crippen LogP contribution >= 0.6 is 11.6 Å². The van der Waals surface area contributed by atoms with Gasteiger partial charge in [-0.15, -0.1) is 11.6 Å². The number of aliphatic hydroxyl groups is 1. The summed E-state index contributed by atoms with van der Waals surface area (Å²) in [7, 11) is 0. The third-order valence-corrected chi connectivity index (χ3v) is 5.49. The number of nitrogens with one attached hydrogen (secondary N) is 1. The molecule has 3 atom stereocenters. The van der Waals surface area contributed by atoms with Crippen molar-refractivity contribution < 1.29 is 27.4 Å². The second-order valence-corrected chi connectivity index (χ2v) is 7.83. The van der Waals surface area contributed by atoms with Gasteiger partial charge >= 0.3 is 6.18 Å². The van der Waals surface area contributed by atoms with Crippen LogP contribution in [0, 0.1) is 0 Å². The minimum absolute atomic E-state index is 0.00745. The van der Waals surface area contributed by atoms with Gasteiger partial charge in [-0.3, -0.25) is 4.98 Å². The molecule has 1 aliphatic heterocycles. The molecule has 3 rings (SSSR count). The predicted molar refractivity (Wildman–Crippen MR) is 114 cm³/mol. The average molecular weight is 472 g/mol. The van der Waals surface area contributed by atoms with Crippen LogP contribution in [-0.4, -0.2) is 40.4 Å². The first kappa shape index (κ1) is 23.9. The van der Waals surface area contributed by atoms with Crippen LogP contribution < -0.4 is 11.1 Å². The van der Waals surface area contributed by atoms with E-state index in [1.807, 2.05) is 13.0 Å². The highest BCUT2D eigenvalue weighted by molar-refractivity contribution is 6.22. The first-order chi connectivity index (χ1) is 15.1. The Hall–Kier alpha value is -2.78. The molecular weight excluding hydrogens is 450 g/mol. The van der Waals surface area contributed by atoms with Crippen LogP contribution in [0.3, 0.4) is 0 Å². The van der Waals surface area contributed by atoms with Gasteiger partial charge in [0.05, 0.1) is 5.38 Å². The van der Waals surface area contributed by atoms with Crippen LogP contribution in [0.1, 0.15) is 18.9 Å². The Labute approximate surface area is 187 Å². The van der Waals surface area contributed by atoms with Gasteiger partial charge in [-0.1, -0.05) is 6.07 Å². The molecule has 1 aliphatic carbocycles. The molecule has 0 bridgehead atoms. The van der Waals surface area contributed by atoms with E-state index in [0.29, 0.717) is 16.7 Å². The number of hydrogen-bond donors (Lipinski definition) is 3. The molecule has 5 nitrogen and oxygen atoms in total. The van der Waals surface area contributed by atoms with Gasteiger partial charge in [0.2, 0.25) is 0 Å². The molecule has 2 heterocycles. The molecule has 4 N–H and O–H groups in total. The molecule has 0 saturated carbocycles. The lowest BCUT2D eigenvalue weighted by molar-refractivity contribution is -0.164. The highest BCUT2D eigenvalue weighted by atomic mass is 35.5. The molecule has 1 aromatic rings. The fraction of sp³-hybridized carbons (Fsp3) is 0.318. The van der Waals surface area contributed by atoms with E-state index in [4.69, 9.17) is 17.3 Å². The van der Waals surface area contributed by atoms with Gasteiger partial charge in [0.1, 0.15) is 6.10 Å². The Kier molecular flexibility index (Phi) is 7.30. The van der Waals surface area contributed by atoms with E-state index in [0.717, 1.165) is 11.6 Å². The molecule has 172 valence electrons. The molecule has 0 radical (unpaired) electrons. The summed E-state index contributed by atoms with van der Waals surface area (Å²) in [4.78, 5) is 4.06. The van der Waals surface area contributed by atoms with Gasteiger partial charge in [0, 0.05) is 47.5 Å². The third-order valence-electron chi connectivity index (χ3n) is 5.07. The number of alkyl halides is 4. The van der Waals surface area contributed by atoms with Crippen molar-refractivity contribution in [3.63, 3.8) is 0 Å². The van der Waals surface area contributed by atoms with Crippen LogP contribution in [0.5, 0.6) is 0 Å². The quantitative estimate of drug-likeness (QED) is 0.427. The van der Waals surface area contributed by atoms with Gasteiger partial charge in [-0.2, -0.15) is 13.2 Å². The Morgan fingerprint density at radius 1 is 1.47 bits per heavy atom. The van der Waals surface area contributed by atoms with Crippen molar-refractivity contribution in [2.75, 3.05) is 6.61 Å². The maximum atomic E-state index is 15.0. The summed E-state index contributed by atoms with van der Waals surface area (Å²) in [5, 5.41) is 13.1. The Morgan fingerprint density at radius 3 is 2.84 bits per heavy atom. The van der Waals surface area contributed by atoms with Gasteiger partial charge < -0.3 is 20.9 Å². The SMILES string of the molecule is CC1NC=C(C(O)C2=C(F)C(OCC(F)(F)F)=CCC2Cl)/C1=C/C(=C\N)c1cccnc1. The predicted octanol–water partition coefficient (Wildman–Crippen LogP) is 4.24. The van der Waals surface area contributed by atoms with E-state index >= 15 is 4.39 Å². The number of halogens is 5. The van der Waals surface area contributed by atoms with Crippen molar-refractivity contribution in [3.8, 4) is 0 Å². The number of ether oxygens (including phenoxy) is 1. The molecule has 10 heteroatoms. The van der Waals surface area contributed by atoms with Crippen molar-refractivity contribution in [2.45, 2.75) is 37.0 Å². The molecule has 0 amide bonds. The van der Waals surface area contributed by atoms with Crippen molar-refractivity contribution >= 4 is 17.2 Å². The van der Waals surface area contributed by atoms with Gasteiger partial charge in [0.15, 0.2) is 18.2 Å². The molecular formula is C22H22ClF4N3O2. The van der Waals surface area contributed by atoms with Crippen molar-refractivity contribution in [1.29, 1.82) is 0 Å². The summed E-state index contributed by atoms with van der Waals surface area (Å²) in [6, 6.07) is 3.31. The fourth-order valence-corrected chi connectivity index (χ4v) is 3.76. The average Bonchev–Trinajstić information content (AvgIpc) is 3.11. The Bertz CT molecular complexity index is 1000. The molecule has 2 aliphatic rings. The molecule has 0 saturated heterocycles. The molecule has 3 unspecified atom stereocenters. The van der Waals surface area contributed by atoms with Crippen LogP contribution in [0.15, 0.2) is 77.4 Å². The lowest BCUT2D eigenvalue weighted by atomic mass is 9.88.